The Kier molecular flexibility index (Phi) is 9.92. The first-order valence-electron chi connectivity index (χ1n) is 11.6. The van der Waals surface area contributed by atoms with Crippen molar-refractivity contribution in [3.63, 3.8) is 0 Å². The molecule has 0 saturated carbocycles. The fourth-order valence-corrected chi connectivity index (χ4v) is 5.46. The van der Waals surface area contributed by atoms with E-state index in [1.807, 2.05) is 18.2 Å². The van der Waals surface area contributed by atoms with Gasteiger partial charge < -0.3 is 9.47 Å². The number of fused-ring (bicyclic) bond motifs is 1. The molecule has 1 heterocycles. The zero-order chi connectivity index (χ0) is 27.4. The molecule has 0 radical (unpaired) electrons. The SMILES string of the molecule is CCCCc1nc2ccc(Br)cc2c(=O)n1N=Cc1cc(OC)c(OCc2ccc(Cl)cc2Cl)c(Br)c1Br. The predicted molar refractivity (Wildman–Crippen MR) is 164 cm³/mol. The van der Waals surface area contributed by atoms with Crippen molar-refractivity contribution in [2.75, 3.05) is 7.11 Å². The lowest BCUT2D eigenvalue weighted by Crippen LogP contribution is -2.22. The zero-order valence-electron chi connectivity index (χ0n) is 20.4. The van der Waals surface area contributed by atoms with Crippen molar-refractivity contribution in [3.05, 3.63) is 93.2 Å². The van der Waals surface area contributed by atoms with Crippen LogP contribution < -0.4 is 15.0 Å². The van der Waals surface area contributed by atoms with Crippen molar-refractivity contribution in [1.82, 2.24) is 9.66 Å². The maximum absolute atomic E-state index is 13.4. The first-order valence-corrected chi connectivity index (χ1v) is 14.7. The Morgan fingerprint density at radius 1 is 1.08 bits per heavy atom. The molecule has 11 heteroatoms. The monoisotopic (exact) mass is 743 g/mol. The normalized spacial score (nSPS) is 11.4. The van der Waals surface area contributed by atoms with Crippen LogP contribution in [0.5, 0.6) is 11.5 Å². The van der Waals surface area contributed by atoms with Crippen LogP contribution in [0.15, 0.2) is 65.8 Å². The van der Waals surface area contributed by atoms with Crippen LogP contribution >= 0.6 is 71.0 Å². The number of benzene rings is 3. The molecule has 3 aromatic carbocycles. The maximum atomic E-state index is 13.4. The number of halogens is 5. The Labute approximate surface area is 255 Å². The van der Waals surface area contributed by atoms with Gasteiger partial charge in [0.25, 0.3) is 5.56 Å². The summed E-state index contributed by atoms with van der Waals surface area (Å²) in [5.74, 6) is 1.57. The molecule has 0 aliphatic heterocycles. The van der Waals surface area contributed by atoms with Gasteiger partial charge in [-0.15, -0.1) is 0 Å². The van der Waals surface area contributed by atoms with Crippen LogP contribution in [0, 0.1) is 0 Å². The summed E-state index contributed by atoms with van der Waals surface area (Å²) in [6.45, 7) is 2.30. The van der Waals surface area contributed by atoms with Gasteiger partial charge in [0.15, 0.2) is 11.5 Å². The zero-order valence-corrected chi connectivity index (χ0v) is 26.7. The molecule has 0 bridgehead atoms. The fraction of sp³-hybridized carbons (Fsp3) is 0.222. The van der Waals surface area contributed by atoms with Gasteiger partial charge in [-0.1, -0.05) is 58.5 Å². The molecule has 0 unspecified atom stereocenters. The molecule has 6 nitrogen and oxygen atoms in total. The van der Waals surface area contributed by atoms with Crippen LogP contribution in [0.4, 0.5) is 0 Å². The topological polar surface area (TPSA) is 65.7 Å². The van der Waals surface area contributed by atoms with Crippen LogP contribution in [-0.2, 0) is 13.0 Å². The third-order valence-corrected chi connectivity index (χ3v) is 8.93. The summed E-state index contributed by atoms with van der Waals surface area (Å²) in [6, 6.07) is 12.5. The van der Waals surface area contributed by atoms with Gasteiger partial charge in [-0.25, -0.2) is 4.98 Å². The summed E-state index contributed by atoms with van der Waals surface area (Å²) in [4.78, 5) is 18.1. The Morgan fingerprint density at radius 3 is 2.58 bits per heavy atom. The first kappa shape index (κ1) is 29.1. The third-order valence-electron chi connectivity index (χ3n) is 5.70. The number of nitrogens with zero attached hydrogens (tertiary/aromatic N) is 3. The van der Waals surface area contributed by atoms with E-state index >= 15 is 0 Å². The minimum atomic E-state index is -0.236. The molecule has 0 aliphatic carbocycles. The van der Waals surface area contributed by atoms with Gasteiger partial charge in [0.05, 0.1) is 28.7 Å². The highest BCUT2D eigenvalue weighted by Gasteiger charge is 2.18. The second kappa shape index (κ2) is 13.0. The van der Waals surface area contributed by atoms with E-state index in [1.165, 1.54) is 4.68 Å². The van der Waals surface area contributed by atoms with Gasteiger partial charge in [0.2, 0.25) is 0 Å². The standard InChI is InChI=1S/C27H22Br3Cl2N3O3/c1-3-4-5-23-34-21-9-7-17(28)11-19(21)27(36)35(23)33-13-16-10-22(37-2)26(25(30)24(16)29)38-14-15-6-8-18(31)12-20(15)32/h6-13H,3-5,14H2,1-2H3. The van der Waals surface area contributed by atoms with Crippen LogP contribution in [-0.4, -0.2) is 23.0 Å². The highest BCUT2D eigenvalue weighted by molar-refractivity contribution is 9.13. The molecular formula is C27H22Br3Cl2N3O3. The van der Waals surface area contributed by atoms with Crippen LogP contribution in [0.1, 0.15) is 36.7 Å². The average molecular weight is 747 g/mol. The number of unbranched alkanes of at least 4 members (excludes halogenated alkanes) is 1. The van der Waals surface area contributed by atoms with Gasteiger partial charge in [0, 0.05) is 36.5 Å². The second-order valence-corrected chi connectivity index (χ2v) is 11.6. The quantitative estimate of drug-likeness (QED) is 0.161. The van der Waals surface area contributed by atoms with E-state index in [4.69, 9.17) is 37.7 Å². The predicted octanol–water partition coefficient (Wildman–Crippen LogP) is 8.80. The average Bonchev–Trinajstić information content (AvgIpc) is 2.89. The Bertz CT molecular complexity index is 1590. The Balaban J connectivity index is 1.72. The third kappa shape index (κ3) is 6.45. The molecule has 0 aliphatic rings. The number of hydrogen-bond donors (Lipinski definition) is 0. The van der Waals surface area contributed by atoms with Gasteiger partial charge in [-0.05, 0) is 74.7 Å². The van der Waals surface area contributed by atoms with Crippen molar-refractivity contribution in [2.45, 2.75) is 32.8 Å². The highest BCUT2D eigenvalue weighted by atomic mass is 79.9. The lowest BCUT2D eigenvalue weighted by molar-refractivity contribution is 0.282. The van der Waals surface area contributed by atoms with E-state index in [-0.39, 0.29) is 12.2 Å². The molecular weight excluding hydrogens is 725 g/mol. The summed E-state index contributed by atoms with van der Waals surface area (Å²) < 4.78 is 15.1. The van der Waals surface area contributed by atoms with E-state index in [2.05, 4.69) is 59.8 Å². The van der Waals surface area contributed by atoms with Crippen LogP contribution in [0.25, 0.3) is 10.9 Å². The maximum Gasteiger partial charge on any atom is 0.282 e. The van der Waals surface area contributed by atoms with Crippen LogP contribution in [0.2, 0.25) is 10.0 Å². The molecule has 0 atom stereocenters. The van der Waals surface area contributed by atoms with Crippen molar-refractivity contribution < 1.29 is 9.47 Å². The van der Waals surface area contributed by atoms with E-state index in [9.17, 15) is 4.79 Å². The number of rotatable bonds is 9. The molecule has 0 fully saturated rings. The summed E-state index contributed by atoms with van der Waals surface area (Å²) >= 11 is 23.0. The fourth-order valence-electron chi connectivity index (χ4n) is 3.70. The summed E-state index contributed by atoms with van der Waals surface area (Å²) in [5, 5.41) is 6.10. The van der Waals surface area contributed by atoms with E-state index in [0.29, 0.717) is 59.2 Å². The smallest absolute Gasteiger partial charge is 0.282 e. The minimum Gasteiger partial charge on any atom is -0.493 e. The van der Waals surface area contributed by atoms with Crippen molar-refractivity contribution in [1.29, 1.82) is 0 Å². The summed E-state index contributed by atoms with van der Waals surface area (Å²) in [6.07, 6.45) is 4.08. The van der Waals surface area contributed by atoms with Gasteiger partial charge >= 0.3 is 0 Å². The molecule has 4 aromatic rings. The second-order valence-electron chi connectivity index (χ2n) is 8.30. The molecule has 0 spiro atoms. The van der Waals surface area contributed by atoms with E-state index in [0.717, 1.165) is 22.9 Å². The van der Waals surface area contributed by atoms with E-state index < -0.39 is 0 Å². The molecule has 0 amide bonds. The summed E-state index contributed by atoms with van der Waals surface area (Å²) in [7, 11) is 1.55. The van der Waals surface area contributed by atoms with Crippen molar-refractivity contribution in [2.24, 2.45) is 5.10 Å². The molecule has 4 rings (SSSR count). The minimum absolute atomic E-state index is 0.208. The summed E-state index contributed by atoms with van der Waals surface area (Å²) in [5.41, 5.74) is 1.86. The van der Waals surface area contributed by atoms with Crippen molar-refractivity contribution in [3.8, 4) is 11.5 Å². The number of hydrogen-bond acceptors (Lipinski definition) is 5. The Morgan fingerprint density at radius 2 is 1.87 bits per heavy atom. The van der Waals surface area contributed by atoms with E-state index in [1.54, 1.807) is 37.6 Å². The molecule has 0 N–H and O–H groups in total. The molecule has 1 aromatic heterocycles. The molecule has 198 valence electrons. The highest BCUT2D eigenvalue weighted by Crippen LogP contribution is 2.43. The Hall–Kier alpha value is -1.91. The number of aryl methyl sites for hydroxylation is 1. The number of ether oxygens (including phenoxy) is 2. The van der Waals surface area contributed by atoms with Gasteiger partial charge in [-0.2, -0.15) is 9.78 Å². The number of methoxy groups -OCH3 is 1. The first-order chi connectivity index (χ1) is 18.2. The van der Waals surface area contributed by atoms with Crippen LogP contribution in [0.3, 0.4) is 0 Å². The van der Waals surface area contributed by atoms with Gasteiger partial charge in [-0.3, -0.25) is 4.79 Å². The molecule has 38 heavy (non-hydrogen) atoms. The lowest BCUT2D eigenvalue weighted by atomic mass is 10.2. The molecule has 0 saturated heterocycles. The van der Waals surface area contributed by atoms with Crippen molar-refractivity contribution >= 4 is 88.1 Å². The number of aromatic nitrogens is 2. The largest absolute Gasteiger partial charge is 0.493 e. The lowest BCUT2D eigenvalue weighted by Gasteiger charge is -2.16. The van der Waals surface area contributed by atoms with Gasteiger partial charge in [0.1, 0.15) is 12.4 Å².